The molecule has 1 aromatic rings. The van der Waals surface area contributed by atoms with Gasteiger partial charge in [-0.1, -0.05) is 6.07 Å². The van der Waals surface area contributed by atoms with E-state index >= 15 is 0 Å². The molecule has 0 aromatic heterocycles. The van der Waals surface area contributed by atoms with E-state index in [-0.39, 0.29) is 18.4 Å². The SMILES string of the molecule is O=C(NC1COC(CN2CCN(c3cccc(C(F)(F)F)c3)CC2)C1O)C1CCOCC1. The van der Waals surface area contributed by atoms with Crippen molar-refractivity contribution in [3.63, 3.8) is 0 Å². The maximum atomic E-state index is 13.0. The predicted octanol–water partition coefficient (Wildman–Crippen LogP) is 1.50. The summed E-state index contributed by atoms with van der Waals surface area (Å²) in [5.41, 5.74) is -0.0822. The number of ether oxygens (including phenoxy) is 2. The van der Waals surface area contributed by atoms with Gasteiger partial charge in [0, 0.05) is 57.5 Å². The van der Waals surface area contributed by atoms with Crippen LogP contribution in [0.25, 0.3) is 0 Å². The smallest absolute Gasteiger partial charge is 0.388 e. The molecule has 10 heteroatoms. The number of hydrogen-bond donors (Lipinski definition) is 2. The van der Waals surface area contributed by atoms with E-state index in [0.717, 1.165) is 6.07 Å². The summed E-state index contributed by atoms with van der Waals surface area (Å²) in [6.07, 6.45) is -4.18. The van der Waals surface area contributed by atoms with Crippen molar-refractivity contribution in [3.05, 3.63) is 29.8 Å². The Morgan fingerprint density at radius 3 is 2.56 bits per heavy atom. The summed E-state index contributed by atoms with van der Waals surface area (Å²) in [7, 11) is 0. The first-order chi connectivity index (χ1) is 15.3. The minimum absolute atomic E-state index is 0.0590. The molecule has 3 aliphatic heterocycles. The van der Waals surface area contributed by atoms with Gasteiger partial charge < -0.3 is 24.8 Å². The largest absolute Gasteiger partial charge is 0.416 e. The number of aliphatic hydroxyl groups is 1. The average Bonchev–Trinajstić information content (AvgIpc) is 3.13. The Balaban J connectivity index is 1.24. The zero-order valence-corrected chi connectivity index (χ0v) is 17.9. The van der Waals surface area contributed by atoms with E-state index in [1.165, 1.54) is 12.1 Å². The summed E-state index contributed by atoms with van der Waals surface area (Å²) in [5, 5.41) is 13.6. The monoisotopic (exact) mass is 457 g/mol. The van der Waals surface area contributed by atoms with Crippen LogP contribution in [0, 0.1) is 5.92 Å². The average molecular weight is 457 g/mol. The molecule has 3 heterocycles. The lowest BCUT2D eigenvalue weighted by Crippen LogP contribution is -2.52. The van der Waals surface area contributed by atoms with Gasteiger partial charge in [0.15, 0.2) is 0 Å². The molecule has 3 aliphatic rings. The lowest BCUT2D eigenvalue weighted by atomic mass is 9.98. The number of piperazine rings is 1. The Hall–Kier alpha value is -1.88. The zero-order chi connectivity index (χ0) is 22.7. The molecule has 0 saturated carbocycles. The fourth-order valence-corrected chi connectivity index (χ4v) is 4.55. The highest BCUT2D eigenvalue weighted by Crippen LogP contribution is 2.32. The molecule has 1 amide bonds. The number of halogens is 3. The number of anilines is 1. The van der Waals surface area contributed by atoms with Crippen LogP contribution in [0.1, 0.15) is 18.4 Å². The second-order valence-electron chi connectivity index (χ2n) is 8.70. The molecular formula is C22H30F3N3O4. The normalized spacial score (nSPS) is 28.1. The number of carbonyl (C=O) groups excluding carboxylic acids is 1. The lowest BCUT2D eigenvalue weighted by Gasteiger charge is -2.37. The van der Waals surface area contributed by atoms with Gasteiger partial charge in [-0.15, -0.1) is 0 Å². The van der Waals surface area contributed by atoms with Crippen molar-refractivity contribution in [3.8, 4) is 0 Å². The van der Waals surface area contributed by atoms with Crippen LogP contribution >= 0.6 is 0 Å². The number of nitrogens with one attached hydrogen (secondary N) is 1. The molecule has 2 N–H and O–H groups in total. The quantitative estimate of drug-likeness (QED) is 0.698. The van der Waals surface area contributed by atoms with Gasteiger partial charge in [0.1, 0.15) is 6.10 Å². The van der Waals surface area contributed by atoms with Crippen LogP contribution in [0.5, 0.6) is 0 Å². The molecule has 0 spiro atoms. The Morgan fingerprint density at radius 1 is 1.16 bits per heavy atom. The highest BCUT2D eigenvalue weighted by Gasteiger charge is 2.39. The van der Waals surface area contributed by atoms with Crippen LogP contribution < -0.4 is 10.2 Å². The van der Waals surface area contributed by atoms with Crippen LogP contribution in [-0.2, 0) is 20.4 Å². The molecule has 3 fully saturated rings. The van der Waals surface area contributed by atoms with E-state index in [1.54, 1.807) is 6.07 Å². The first kappa shape index (κ1) is 23.3. The standard InChI is InChI=1S/C22H30F3N3O4/c23-22(24,25)16-2-1-3-17(12-16)28-8-6-27(7-9-28)13-19-20(29)18(14-32-19)26-21(30)15-4-10-31-11-5-15/h1-3,12,15,18-20,29H,4-11,13-14H2,(H,26,30). The molecule has 32 heavy (non-hydrogen) atoms. The third kappa shape index (κ3) is 5.54. The van der Waals surface area contributed by atoms with Crippen molar-refractivity contribution < 1.29 is 32.5 Å². The van der Waals surface area contributed by atoms with Gasteiger partial charge in [0.25, 0.3) is 0 Å². The third-order valence-electron chi connectivity index (χ3n) is 6.55. The van der Waals surface area contributed by atoms with Crippen LogP contribution in [0.3, 0.4) is 0 Å². The summed E-state index contributed by atoms with van der Waals surface area (Å²) in [6, 6.07) is 4.96. The van der Waals surface area contributed by atoms with Crippen molar-refractivity contribution in [1.82, 2.24) is 10.2 Å². The second-order valence-corrected chi connectivity index (χ2v) is 8.70. The Morgan fingerprint density at radius 2 is 1.88 bits per heavy atom. The lowest BCUT2D eigenvalue weighted by molar-refractivity contribution is -0.137. The maximum Gasteiger partial charge on any atom is 0.416 e. The van der Waals surface area contributed by atoms with Gasteiger partial charge in [-0.2, -0.15) is 13.2 Å². The van der Waals surface area contributed by atoms with E-state index in [0.29, 0.717) is 64.5 Å². The summed E-state index contributed by atoms with van der Waals surface area (Å²) < 4.78 is 50.0. The Kier molecular flexibility index (Phi) is 7.24. The highest BCUT2D eigenvalue weighted by molar-refractivity contribution is 5.79. The van der Waals surface area contributed by atoms with Gasteiger partial charge in [-0.05, 0) is 31.0 Å². The summed E-state index contributed by atoms with van der Waals surface area (Å²) in [4.78, 5) is 16.5. The van der Waals surface area contributed by atoms with Gasteiger partial charge in [0.2, 0.25) is 5.91 Å². The van der Waals surface area contributed by atoms with Crippen molar-refractivity contribution in [2.45, 2.75) is 37.3 Å². The number of nitrogens with zero attached hydrogens (tertiary/aromatic N) is 2. The molecule has 4 rings (SSSR count). The molecule has 178 valence electrons. The van der Waals surface area contributed by atoms with Crippen LogP contribution in [0.2, 0.25) is 0 Å². The van der Waals surface area contributed by atoms with E-state index in [1.807, 2.05) is 4.90 Å². The van der Waals surface area contributed by atoms with Crippen molar-refractivity contribution in [1.29, 1.82) is 0 Å². The number of hydrogen-bond acceptors (Lipinski definition) is 6. The van der Waals surface area contributed by atoms with Crippen LogP contribution in [0.4, 0.5) is 18.9 Å². The van der Waals surface area contributed by atoms with E-state index < -0.39 is 30.0 Å². The fraction of sp³-hybridized carbons (Fsp3) is 0.682. The third-order valence-corrected chi connectivity index (χ3v) is 6.55. The Bertz CT molecular complexity index is 780. The minimum atomic E-state index is -4.36. The summed E-state index contributed by atoms with van der Waals surface area (Å²) in [6.45, 7) is 4.44. The Labute approximate surface area is 185 Å². The number of aliphatic hydroxyl groups excluding tert-OH is 1. The second kappa shape index (κ2) is 9.94. The molecule has 0 bridgehead atoms. The molecule has 3 unspecified atom stereocenters. The number of benzene rings is 1. The molecule has 0 radical (unpaired) electrons. The van der Waals surface area contributed by atoms with Gasteiger partial charge >= 0.3 is 6.18 Å². The molecule has 7 nitrogen and oxygen atoms in total. The highest BCUT2D eigenvalue weighted by atomic mass is 19.4. The topological polar surface area (TPSA) is 74.3 Å². The minimum Gasteiger partial charge on any atom is -0.388 e. The van der Waals surface area contributed by atoms with Crippen LogP contribution in [0.15, 0.2) is 24.3 Å². The van der Waals surface area contributed by atoms with E-state index in [2.05, 4.69) is 10.2 Å². The van der Waals surface area contributed by atoms with Gasteiger partial charge in [-0.25, -0.2) is 0 Å². The summed E-state index contributed by atoms with van der Waals surface area (Å²) >= 11 is 0. The van der Waals surface area contributed by atoms with Crippen molar-refractivity contribution in [2.24, 2.45) is 5.92 Å². The van der Waals surface area contributed by atoms with Gasteiger partial charge in [-0.3, -0.25) is 9.69 Å². The first-order valence-electron chi connectivity index (χ1n) is 11.1. The van der Waals surface area contributed by atoms with Crippen molar-refractivity contribution in [2.75, 3.05) is 57.4 Å². The van der Waals surface area contributed by atoms with E-state index in [4.69, 9.17) is 9.47 Å². The van der Waals surface area contributed by atoms with Gasteiger partial charge in [0.05, 0.1) is 24.3 Å². The molecule has 3 saturated heterocycles. The number of carbonyl (C=O) groups is 1. The zero-order valence-electron chi connectivity index (χ0n) is 17.9. The van der Waals surface area contributed by atoms with E-state index in [9.17, 15) is 23.1 Å². The molecule has 1 aromatic carbocycles. The van der Waals surface area contributed by atoms with Crippen molar-refractivity contribution >= 4 is 11.6 Å². The number of rotatable bonds is 5. The molecular weight excluding hydrogens is 427 g/mol. The predicted molar refractivity (Wildman–Crippen MR) is 111 cm³/mol. The fourth-order valence-electron chi connectivity index (χ4n) is 4.55. The first-order valence-corrected chi connectivity index (χ1v) is 11.1. The summed E-state index contributed by atoms with van der Waals surface area (Å²) in [5.74, 6) is -0.143. The molecule has 0 aliphatic carbocycles. The van der Waals surface area contributed by atoms with Crippen LogP contribution in [-0.4, -0.2) is 86.7 Å². The molecule has 3 atom stereocenters. The number of amides is 1. The maximum absolute atomic E-state index is 13.0. The number of alkyl halides is 3.